The summed E-state index contributed by atoms with van der Waals surface area (Å²) in [4.78, 5) is 22.4. The fourth-order valence-corrected chi connectivity index (χ4v) is 5.68. The number of carbonyl (C=O) groups is 1. The van der Waals surface area contributed by atoms with Crippen LogP contribution in [0.2, 0.25) is 0 Å². The van der Waals surface area contributed by atoms with Gasteiger partial charge in [0.05, 0.1) is 16.1 Å². The van der Waals surface area contributed by atoms with E-state index in [0.29, 0.717) is 6.42 Å². The van der Waals surface area contributed by atoms with Gasteiger partial charge in [0, 0.05) is 32.6 Å². The van der Waals surface area contributed by atoms with Crippen LogP contribution in [0.1, 0.15) is 42.5 Å². The molecule has 34 heavy (non-hydrogen) atoms. The fraction of sp³-hybridized carbons (Fsp3) is 0.370. The summed E-state index contributed by atoms with van der Waals surface area (Å²) in [6, 6.07) is 18.7. The summed E-state index contributed by atoms with van der Waals surface area (Å²) in [7, 11) is 0. The Bertz CT molecular complexity index is 1300. The first kappa shape index (κ1) is 22.6. The number of amides is 1. The molecule has 0 spiro atoms. The van der Waals surface area contributed by atoms with Crippen molar-refractivity contribution < 1.29 is 4.79 Å². The van der Waals surface area contributed by atoms with Gasteiger partial charge < -0.3 is 9.80 Å². The number of aromatic nitrogens is 3. The van der Waals surface area contributed by atoms with Crippen molar-refractivity contribution in [3.8, 4) is 5.69 Å². The molecule has 7 heteroatoms. The number of thiazole rings is 1. The Morgan fingerprint density at radius 1 is 1.03 bits per heavy atom. The molecule has 1 amide bonds. The number of hydrogen-bond donors (Lipinski definition) is 0. The second-order valence-corrected chi connectivity index (χ2v) is 10.2. The van der Waals surface area contributed by atoms with E-state index >= 15 is 0 Å². The van der Waals surface area contributed by atoms with Gasteiger partial charge in [-0.25, -0.2) is 4.68 Å². The Hall–Kier alpha value is -3.19. The molecule has 1 aliphatic rings. The summed E-state index contributed by atoms with van der Waals surface area (Å²) < 4.78 is 3.08. The SMILES string of the molecule is Cc1cccc(-n2nc(C)c3sc(N4CCCN(C(=O)C[C@H](C)c5ccccc5)CC4)nc32)c1. The molecule has 2 aromatic heterocycles. The van der Waals surface area contributed by atoms with Gasteiger partial charge in [-0.3, -0.25) is 4.79 Å². The molecule has 1 atom stereocenters. The molecular formula is C27H31N5OS. The van der Waals surface area contributed by atoms with E-state index < -0.39 is 0 Å². The van der Waals surface area contributed by atoms with Crippen molar-refractivity contribution in [3.05, 3.63) is 71.4 Å². The highest BCUT2D eigenvalue weighted by molar-refractivity contribution is 7.22. The van der Waals surface area contributed by atoms with Gasteiger partial charge in [0.25, 0.3) is 0 Å². The van der Waals surface area contributed by atoms with Gasteiger partial charge in [0.2, 0.25) is 5.91 Å². The molecule has 0 saturated carbocycles. The molecule has 6 nitrogen and oxygen atoms in total. The summed E-state index contributed by atoms with van der Waals surface area (Å²) in [5, 5.41) is 5.76. The highest BCUT2D eigenvalue weighted by Gasteiger charge is 2.24. The molecule has 1 fully saturated rings. The Morgan fingerprint density at radius 3 is 2.65 bits per heavy atom. The van der Waals surface area contributed by atoms with Crippen molar-refractivity contribution in [2.75, 3.05) is 31.1 Å². The Balaban J connectivity index is 1.30. The maximum atomic E-state index is 13.0. The van der Waals surface area contributed by atoms with Crippen molar-refractivity contribution >= 4 is 32.7 Å². The quantitative estimate of drug-likeness (QED) is 0.393. The normalized spacial score (nSPS) is 15.5. The largest absolute Gasteiger partial charge is 0.346 e. The third kappa shape index (κ3) is 4.57. The van der Waals surface area contributed by atoms with E-state index in [-0.39, 0.29) is 11.8 Å². The predicted molar refractivity (Wildman–Crippen MR) is 139 cm³/mol. The molecule has 176 valence electrons. The summed E-state index contributed by atoms with van der Waals surface area (Å²) in [5.74, 6) is 0.471. The van der Waals surface area contributed by atoms with E-state index in [9.17, 15) is 4.79 Å². The molecule has 0 unspecified atom stereocenters. The van der Waals surface area contributed by atoms with Crippen LogP contribution in [0, 0.1) is 13.8 Å². The summed E-state index contributed by atoms with van der Waals surface area (Å²) in [6.45, 7) is 9.53. The van der Waals surface area contributed by atoms with Crippen LogP contribution in [-0.2, 0) is 4.79 Å². The maximum Gasteiger partial charge on any atom is 0.223 e. The number of rotatable bonds is 5. The third-order valence-corrected chi connectivity index (χ3v) is 7.81. The van der Waals surface area contributed by atoms with Crippen LogP contribution in [0.15, 0.2) is 54.6 Å². The van der Waals surface area contributed by atoms with Gasteiger partial charge in [-0.1, -0.05) is 60.7 Å². The smallest absolute Gasteiger partial charge is 0.223 e. The van der Waals surface area contributed by atoms with Gasteiger partial charge in [0.15, 0.2) is 10.8 Å². The fourth-order valence-electron chi connectivity index (χ4n) is 4.65. The summed E-state index contributed by atoms with van der Waals surface area (Å²) in [6.07, 6.45) is 1.50. The molecule has 5 rings (SSSR count). The first-order valence-corrected chi connectivity index (χ1v) is 12.8. The number of hydrogen-bond acceptors (Lipinski definition) is 5. The lowest BCUT2D eigenvalue weighted by atomic mass is 9.97. The average Bonchev–Trinajstić information content (AvgIpc) is 3.30. The van der Waals surface area contributed by atoms with Crippen LogP contribution in [0.3, 0.4) is 0 Å². The molecule has 4 aromatic rings. The number of aryl methyl sites for hydroxylation is 2. The van der Waals surface area contributed by atoms with Gasteiger partial charge in [-0.15, -0.1) is 0 Å². The number of fused-ring (bicyclic) bond motifs is 1. The van der Waals surface area contributed by atoms with E-state index in [1.54, 1.807) is 11.3 Å². The topological polar surface area (TPSA) is 54.3 Å². The molecule has 1 saturated heterocycles. The molecule has 2 aromatic carbocycles. The van der Waals surface area contributed by atoms with Crippen LogP contribution in [0.4, 0.5) is 5.13 Å². The van der Waals surface area contributed by atoms with Gasteiger partial charge in [-0.2, -0.15) is 10.1 Å². The number of carbonyl (C=O) groups excluding carboxylic acids is 1. The van der Waals surface area contributed by atoms with E-state index in [4.69, 9.17) is 10.1 Å². The number of anilines is 1. The van der Waals surface area contributed by atoms with Crippen LogP contribution in [0.5, 0.6) is 0 Å². The lowest BCUT2D eigenvalue weighted by Gasteiger charge is -2.23. The minimum absolute atomic E-state index is 0.227. The van der Waals surface area contributed by atoms with E-state index in [1.807, 2.05) is 34.7 Å². The molecular weight excluding hydrogens is 442 g/mol. The van der Waals surface area contributed by atoms with Crippen molar-refractivity contribution in [3.63, 3.8) is 0 Å². The molecule has 0 radical (unpaired) electrons. The van der Waals surface area contributed by atoms with Crippen LogP contribution in [-0.4, -0.2) is 51.8 Å². The van der Waals surface area contributed by atoms with E-state index in [1.165, 1.54) is 11.1 Å². The van der Waals surface area contributed by atoms with Gasteiger partial charge >= 0.3 is 0 Å². The van der Waals surface area contributed by atoms with Crippen molar-refractivity contribution in [1.29, 1.82) is 0 Å². The Kier molecular flexibility index (Phi) is 6.37. The molecule has 0 aliphatic carbocycles. The maximum absolute atomic E-state index is 13.0. The van der Waals surface area contributed by atoms with E-state index in [0.717, 1.165) is 59.5 Å². The standard InChI is InChI=1S/C27H31N5OS/c1-19-9-7-12-23(17-19)32-26-25(21(3)29-32)34-27(28-26)31-14-8-13-30(15-16-31)24(33)18-20(2)22-10-5-4-6-11-22/h4-7,9-12,17,20H,8,13-16,18H2,1-3H3/t20-/m0/s1. The zero-order chi connectivity index (χ0) is 23.7. The Morgan fingerprint density at radius 2 is 1.85 bits per heavy atom. The first-order valence-electron chi connectivity index (χ1n) is 12.0. The predicted octanol–water partition coefficient (Wildman–Crippen LogP) is 5.33. The number of benzene rings is 2. The van der Waals surface area contributed by atoms with Gasteiger partial charge in [-0.05, 0) is 49.4 Å². The van der Waals surface area contributed by atoms with Crippen molar-refractivity contribution in [1.82, 2.24) is 19.7 Å². The van der Waals surface area contributed by atoms with Crippen LogP contribution < -0.4 is 4.90 Å². The molecule has 1 aliphatic heterocycles. The minimum atomic E-state index is 0.227. The summed E-state index contributed by atoms with van der Waals surface area (Å²) in [5.41, 5.74) is 5.38. The second kappa shape index (κ2) is 9.58. The summed E-state index contributed by atoms with van der Waals surface area (Å²) >= 11 is 1.70. The molecule has 0 N–H and O–H groups in total. The zero-order valence-electron chi connectivity index (χ0n) is 20.1. The first-order chi connectivity index (χ1) is 16.5. The van der Waals surface area contributed by atoms with E-state index in [2.05, 4.69) is 55.1 Å². The van der Waals surface area contributed by atoms with Crippen LogP contribution in [0.25, 0.3) is 16.0 Å². The Labute approximate surface area is 204 Å². The minimum Gasteiger partial charge on any atom is -0.346 e. The molecule has 0 bridgehead atoms. The third-order valence-electron chi connectivity index (χ3n) is 6.59. The number of nitrogens with zero attached hydrogens (tertiary/aromatic N) is 5. The lowest BCUT2D eigenvalue weighted by Crippen LogP contribution is -2.35. The highest BCUT2D eigenvalue weighted by atomic mass is 32.1. The van der Waals surface area contributed by atoms with Crippen molar-refractivity contribution in [2.45, 2.75) is 39.5 Å². The highest BCUT2D eigenvalue weighted by Crippen LogP contribution is 2.33. The average molecular weight is 474 g/mol. The van der Waals surface area contributed by atoms with Gasteiger partial charge in [0.1, 0.15) is 0 Å². The van der Waals surface area contributed by atoms with Crippen LogP contribution >= 0.6 is 11.3 Å². The van der Waals surface area contributed by atoms with Crippen molar-refractivity contribution in [2.24, 2.45) is 0 Å². The second-order valence-electron chi connectivity index (χ2n) is 9.22. The molecule has 3 heterocycles. The lowest BCUT2D eigenvalue weighted by molar-refractivity contribution is -0.131. The zero-order valence-corrected chi connectivity index (χ0v) is 20.9. The monoisotopic (exact) mass is 473 g/mol.